The fourth-order valence-electron chi connectivity index (χ4n) is 2.78. The number of benzene rings is 1. The number of hydrogen-bond acceptors (Lipinski definition) is 3. The van der Waals surface area contributed by atoms with E-state index in [2.05, 4.69) is 11.8 Å². The minimum absolute atomic E-state index is 0.604. The van der Waals surface area contributed by atoms with Crippen molar-refractivity contribution < 1.29 is 9.53 Å². The summed E-state index contributed by atoms with van der Waals surface area (Å²) in [6.07, 6.45) is 6.07. The lowest BCUT2D eigenvalue weighted by molar-refractivity contribution is 0.112. The summed E-state index contributed by atoms with van der Waals surface area (Å²) < 4.78 is 5.41. The molecule has 1 fully saturated rings. The number of ether oxygens (including phenoxy) is 1. The van der Waals surface area contributed by atoms with Crippen molar-refractivity contribution in [2.45, 2.75) is 45.2 Å². The van der Waals surface area contributed by atoms with Gasteiger partial charge in [0.2, 0.25) is 0 Å². The third kappa shape index (κ3) is 3.57. The molecule has 1 heterocycles. The van der Waals surface area contributed by atoms with Gasteiger partial charge in [0.25, 0.3) is 0 Å². The van der Waals surface area contributed by atoms with Crippen molar-refractivity contribution in [1.29, 1.82) is 0 Å². The average molecular weight is 261 g/mol. The van der Waals surface area contributed by atoms with E-state index < -0.39 is 0 Å². The van der Waals surface area contributed by atoms with Crippen molar-refractivity contribution in [2.75, 3.05) is 13.7 Å². The van der Waals surface area contributed by atoms with Crippen LogP contribution < -0.4 is 4.74 Å². The smallest absolute Gasteiger partial charge is 0.150 e. The van der Waals surface area contributed by atoms with Crippen molar-refractivity contribution in [1.82, 2.24) is 4.90 Å². The topological polar surface area (TPSA) is 29.5 Å². The Labute approximate surface area is 115 Å². The summed E-state index contributed by atoms with van der Waals surface area (Å²) in [6.45, 7) is 4.29. The highest BCUT2D eigenvalue weighted by molar-refractivity contribution is 5.75. The second-order valence-electron chi connectivity index (χ2n) is 5.36. The molecular weight excluding hydrogens is 238 g/mol. The van der Waals surface area contributed by atoms with Gasteiger partial charge in [-0.05, 0) is 44.5 Å². The van der Waals surface area contributed by atoms with Gasteiger partial charge in [-0.15, -0.1) is 0 Å². The highest BCUT2D eigenvalue weighted by Gasteiger charge is 2.18. The molecule has 0 N–H and O–H groups in total. The minimum atomic E-state index is 0.604. The Hall–Kier alpha value is -1.35. The summed E-state index contributed by atoms with van der Waals surface area (Å²) in [5, 5.41) is 0. The van der Waals surface area contributed by atoms with E-state index in [4.69, 9.17) is 4.74 Å². The Kier molecular flexibility index (Phi) is 4.97. The maximum Gasteiger partial charge on any atom is 0.150 e. The molecule has 0 bridgehead atoms. The van der Waals surface area contributed by atoms with Gasteiger partial charge in [-0.1, -0.05) is 12.8 Å². The van der Waals surface area contributed by atoms with Crippen molar-refractivity contribution in [3.05, 3.63) is 29.3 Å². The van der Waals surface area contributed by atoms with Crippen LogP contribution in [-0.4, -0.2) is 30.9 Å². The summed E-state index contributed by atoms with van der Waals surface area (Å²) in [7, 11) is 1.69. The van der Waals surface area contributed by atoms with Gasteiger partial charge in [-0.2, -0.15) is 0 Å². The molecule has 0 spiro atoms. The molecule has 1 aromatic rings. The monoisotopic (exact) mass is 261 g/mol. The van der Waals surface area contributed by atoms with Crippen molar-refractivity contribution in [3.63, 3.8) is 0 Å². The highest BCUT2D eigenvalue weighted by atomic mass is 16.5. The molecule has 0 saturated carbocycles. The summed E-state index contributed by atoms with van der Waals surface area (Å²) >= 11 is 0. The number of aldehydes is 1. The van der Waals surface area contributed by atoms with Crippen LogP contribution in [0.3, 0.4) is 0 Å². The second-order valence-corrected chi connectivity index (χ2v) is 5.36. The van der Waals surface area contributed by atoms with E-state index >= 15 is 0 Å². The van der Waals surface area contributed by atoms with Gasteiger partial charge in [-0.3, -0.25) is 9.69 Å². The van der Waals surface area contributed by atoms with Crippen LogP contribution in [0.15, 0.2) is 18.2 Å². The number of methoxy groups -OCH3 is 1. The zero-order valence-corrected chi connectivity index (χ0v) is 11.9. The molecule has 3 heteroatoms. The van der Waals surface area contributed by atoms with Gasteiger partial charge in [0.05, 0.1) is 7.11 Å². The van der Waals surface area contributed by atoms with Crippen LogP contribution in [0.2, 0.25) is 0 Å². The lowest BCUT2D eigenvalue weighted by atomic mass is 10.1. The van der Waals surface area contributed by atoms with E-state index in [9.17, 15) is 4.79 Å². The Morgan fingerprint density at radius 3 is 2.95 bits per heavy atom. The Bertz CT molecular complexity index is 431. The SMILES string of the molecule is COc1ccc(C=O)cc1CN1CCCCCC1C. The summed E-state index contributed by atoms with van der Waals surface area (Å²) in [4.78, 5) is 13.4. The average Bonchev–Trinajstić information content (AvgIpc) is 2.64. The first-order valence-corrected chi connectivity index (χ1v) is 7.10. The number of likely N-dealkylation sites (tertiary alicyclic amines) is 1. The maximum absolute atomic E-state index is 10.9. The number of carbonyl (C=O) groups excluding carboxylic acids is 1. The van der Waals surface area contributed by atoms with Crippen molar-refractivity contribution in [3.8, 4) is 5.75 Å². The molecule has 0 radical (unpaired) electrons. The molecule has 1 aliphatic rings. The number of hydrogen-bond donors (Lipinski definition) is 0. The lowest BCUT2D eigenvalue weighted by Gasteiger charge is -2.27. The molecule has 1 unspecified atom stereocenters. The molecule has 3 nitrogen and oxygen atoms in total. The highest BCUT2D eigenvalue weighted by Crippen LogP contribution is 2.24. The Balaban J connectivity index is 2.18. The van der Waals surface area contributed by atoms with Crippen LogP contribution >= 0.6 is 0 Å². The zero-order valence-electron chi connectivity index (χ0n) is 11.9. The number of rotatable bonds is 4. The molecule has 0 amide bonds. The van der Waals surface area contributed by atoms with Crippen molar-refractivity contribution >= 4 is 6.29 Å². The van der Waals surface area contributed by atoms with E-state index in [1.807, 2.05) is 12.1 Å². The van der Waals surface area contributed by atoms with Crippen LogP contribution in [0.4, 0.5) is 0 Å². The first-order chi connectivity index (χ1) is 9.24. The van der Waals surface area contributed by atoms with Crippen LogP contribution in [0.1, 0.15) is 48.5 Å². The van der Waals surface area contributed by atoms with Gasteiger partial charge < -0.3 is 4.74 Å². The molecular formula is C16H23NO2. The number of carbonyl (C=O) groups is 1. The fraction of sp³-hybridized carbons (Fsp3) is 0.562. The zero-order chi connectivity index (χ0) is 13.7. The standard InChI is InChI=1S/C16H23NO2/c1-13-6-4-3-5-9-17(13)11-15-10-14(12-18)7-8-16(15)19-2/h7-8,10,12-13H,3-6,9,11H2,1-2H3. The first-order valence-electron chi connectivity index (χ1n) is 7.10. The lowest BCUT2D eigenvalue weighted by Crippen LogP contribution is -2.32. The van der Waals surface area contributed by atoms with Gasteiger partial charge in [0, 0.05) is 23.7 Å². The van der Waals surface area contributed by atoms with Crippen LogP contribution in [0, 0.1) is 0 Å². The normalized spacial score (nSPS) is 20.8. The van der Waals surface area contributed by atoms with Crippen LogP contribution in [0.25, 0.3) is 0 Å². The second kappa shape index (κ2) is 6.71. The van der Waals surface area contributed by atoms with Gasteiger partial charge in [0.15, 0.2) is 0 Å². The van der Waals surface area contributed by atoms with Gasteiger partial charge in [-0.25, -0.2) is 0 Å². The molecule has 2 rings (SSSR count). The van der Waals surface area contributed by atoms with Gasteiger partial charge in [0.1, 0.15) is 12.0 Å². The summed E-state index contributed by atoms with van der Waals surface area (Å²) in [6, 6.07) is 6.25. The van der Waals surface area contributed by atoms with Crippen LogP contribution in [-0.2, 0) is 6.54 Å². The summed E-state index contributed by atoms with van der Waals surface area (Å²) in [5.41, 5.74) is 1.83. The van der Waals surface area contributed by atoms with E-state index in [0.29, 0.717) is 6.04 Å². The third-order valence-electron chi connectivity index (χ3n) is 4.00. The van der Waals surface area contributed by atoms with E-state index in [1.165, 1.54) is 25.7 Å². The minimum Gasteiger partial charge on any atom is -0.496 e. The fourth-order valence-corrected chi connectivity index (χ4v) is 2.78. The maximum atomic E-state index is 10.9. The van der Waals surface area contributed by atoms with E-state index in [-0.39, 0.29) is 0 Å². The molecule has 1 atom stereocenters. The van der Waals surface area contributed by atoms with E-state index in [0.717, 1.165) is 36.3 Å². The Morgan fingerprint density at radius 1 is 1.37 bits per heavy atom. The Morgan fingerprint density at radius 2 is 2.21 bits per heavy atom. The largest absolute Gasteiger partial charge is 0.496 e. The molecule has 104 valence electrons. The first kappa shape index (κ1) is 14.1. The predicted molar refractivity (Wildman–Crippen MR) is 76.7 cm³/mol. The quantitative estimate of drug-likeness (QED) is 0.779. The molecule has 1 saturated heterocycles. The van der Waals surface area contributed by atoms with Crippen molar-refractivity contribution in [2.24, 2.45) is 0 Å². The molecule has 1 aliphatic heterocycles. The predicted octanol–water partition coefficient (Wildman–Crippen LogP) is 3.27. The molecule has 0 aromatic heterocycles. The number of nitrogens with zero attached hydrogens (tertiary/aromatic N) is 1. The van der Waals surface area contributed by atoms with Gasteiger partial charge >= 0.3 is 0 Å². The third-order valence-corrected chi connectivity index (χ3v) is 4.00. The van der Waals surface area contributed by atoms with E-state index in [1.54, 1.807) is 13.2 Å². The molecule has 0 aliphatic carbocycles. The van der Waals surface area contributed by atoms with Crippen LogP contribution in [0.5, 0.6) is 5.75 Å². The molecule has 1 aromatic carbocycles. The summed E-state index contributed by atoms with van der Waals surface area (Å²) in [5.74, 6) is 0.877. The molecule has 19 heavy (non-hydrogen) atoms.